The van der Waals surface area contributed by atoms with Crippen molar-refractivity contribution in [3.63, 3.8) is 0 Å². The molecule has 4 N–H and O–H groups in total. The highest BCUT2D eigenvalue weighted by atomic mass is 31.2. The maximum Gasteiger partial charge on any atom is 0.469 e. The highest BCUT2D eigenvalue weighted by Gasteiger charge is 2.24. The fraction of sp³-hybridized carbons (Fsp3) is 0.912. The van der Waals surface area contributed by atoms with Crippen LogP contribution in [-0.2, 0) is 13.9 Å². The number of unbranched alkanes of at least 4 members (excludes halogenated alkanes) is 23. The van der Waals surface area contributed by atoms with Gasteiger partial charge in [-0.1, -0.05) is 167 Å². The fourth-order valence-corrected chi connectivity index (χ4v) is 5.64. The largest absolute Gasteiger partial charge is 0.469 e. The number of amides is 1. The average Bonchev–Trinajstić information content (AvgIpc) is 2.95. The molecule has 0 heterocycles. The van der Waals surface area contributed by atoms with Gasteiger partial charge in [0.15, 0.2) is 0 Å². The zero-order chi connectivity index (χ0) is 31.2. The smallest absolute Gasteiger partial charge is 0.387 e. The van der Waals surface area contributed by atoms with E-state index in [1.54, 1.807) is 6.08 Å². The van der Waals surface area contributed by atoms with Crippen LogP contribution in [0.1, 0.15) is 181 Å². The fourth-order valence-electron chi connectivity index (χ4n) is 5.28. The minimum Gasteiger partial charge on any atom is -0.387 e. The van der Waals surface area contributed by atoms with Crippen LogP contribution in [-0.4, -0.2) is 39.6 Å². The summed E-state index contributed by atoms with van der Waals surface area (Å²) in [6, 6.07) is -0.902. The van der Waals surface area contributed by atoms with Crippen molar-refractivity contribution in [2.24, 2.45) is 0 Å². The molecule has 0 spiro atoms. The van der Waals surface area contributed by atoms with Gasteiger partial charge in [-0.15, -0.1) is 0 Å². The lowest BCUT2D eigenvalue weighted by atomic mass is 10.0. The van der Waals surface area contributed by atoms with E-state index in [2.05, 4.69) is 23.7 Å². The van der Waals surface area contributed by atoms with E-state index >= 15 is 0 Å². The molecule has 0 unspecified atom stereocenters. The van der Waals surface area contributed by atoms with Crippen LogP contribution < -0.4 is 5.32 Å². The van der Waals surface area contributed by atoms with E-state index in [0.717, 1.165) is 38.5 Å². The highest BCUT2D eigenvalue weighted by molar-refractivity contribution is 7.46. The lowest BCUT2D eigenvalue weighted by Gasteiger charge is -2.22. The van der Waals surface area contributed by atoms with E-state index in [-0.39, 0.29) is 5.91 Å². The SMILES string of the molecule is CCCCCCCCCCCCC/C=C/[C@@H](O)[C@H](COP(=O)(O)O)NC(=O)CCCCCCCCCCCCCCC. The molecule has 1 amide bonds. The van der Waals surface area contributed by atoms with Crippen LogP contribution >= 0.6 is 7.82 Å². The van der Waals surface area contributed by atoms with Gasteiger partial charge in [-0.2, -0.15) is 0 Å². The van der Waals surface area contributed by atoms with Gasteiger partial charge in [-0.3, -0.25) is 9.32 Å². The Hall–Kier alpha value is -0.720. The summed E-state index contributed by atoms with van der Waals surface area (Å²) in [7, 11) is -4.70. The Kier molecular flexibility index (Phi) is 29.8. The maximum absolute atomic E-state index is 12.5. The summed E-state index contributed by atoms with van der Waals surface area (Å²) >= 11 is 0. The van der Waals surface area contributed by atoms with Gasteiger partial charge in [0.05, 0.1) is 18.8 Å². The van der Waals surface area contributed by atoms with Crippen molar-refractivity contribution in [3.05, 3.63) is 12.2 Å². The molecule has 0 aliphatic rings. The summed E-state index contributed by atoms with van der Waals surface area (Å²) in [4.78, 5) is 30.7. The van der Waals surface area contributed by atoms with Crippen molar-refractivity contribution >= 4 is 13.7 Å². The van der Waals surface area contributed by atoms with Crippen LogP contribution in [0.5, 0.6) is 0 Å². The third-order valence-electron chi connectivity index (χ3n) is 8.00. The first-order valence-corrected chi connectivity index (χ1v) is 19.2. The molecule has 2 atom stereocenters. The van der Waals surface area contributed by atoms with Crippen molar-refractivity contribution in [1.82, 2.24) is 5.32 Å². The summed E-state index contributed by atoms with van der Waals surface area (Å²) < 4.78 is 15.8. The van der Waals surface area contributed by atoms with Crippen molar-refractivity contribution in [2.45, 2.75) is 193 Å². The van der Waals surface area contributed by atoms with Crippen LogP contribution in [0.3, 0.4) is 0 Å². The third kappa shape index (κ3) is 30.7. The molecule has 0 radical (unpaired) electrons. The number of phosphoric acid groups is 1. The Balaban J connectivity index is 4.07. The van der Waals surface area contributed by atoms with Crippen molar-refractivity contribution in [2.75, 3.05) is 6.61 Å². The van der Waals surface area contributed by atoms with Gasteiger partial charge in [0.1, 0.15) is 0 Å². The molecule has 0 fully saturated rings. The standard InChI is InChI=1S/C34H68NO6P/c1-3-5-7-9-11-13-15-17-19-21-23-25-27-29-33(36)32(31-41-42(38,39)40)35-34(37)30-28-26-24-22-20-18-16-14-12-10-8-6-4-2/h27,29,32-33,36H,3-26,28,30-31H2,1-2H3,(H,35,37)(H2,38,39,40)/b29-27+/t32-,33+/m0/s1. The molecule has 0 aromatic rings. The molecule has 0 aliphatic heterocycles. The minimum absolute atomic E-state index is 0.227. The lowest BCUT2D eigenvalue weighted by molar-refractivity contribution is -0.123. The predicted octanol–water partition coefficient (Wildman–Crippen LogP) is 9.68. The van der Waals surface area contributed by atoms with E-state index in [4.69, 9.17) is 9.79 Å². The van der Waals surface area contributed by atoms with Gasteiger partial charge in [0.2, 0.25) is 5.91 Å². The Labute approximate surface area is 259 Å². The number of aliphatic hydroxyl groups excluding tert-OH is 1. The molecular weight excluding hydrogens is 549 g/mol. The summed E-state index contributed by atoms with van der Waals surface area (Å²) in [6.07, 6.45) is 33.6. The van der Waals surface area contributed by atoms with Gasteiger partial charge in [0.25, 0.3) is 0 Å². The monoisotopic (exact) mass is 617 g/mol. The molecule has 42 heavy (non-hydrogen) atoms. The average molecular weight is 618 g/mol. The molecule has 0 aromatic carbocycles. The first kappa shape index (κ1) is 41.3. The summed E-state index contributed by atoms with van der Waals surface area (Å²) in [6.45, 7) is 4.05. The normalized spacial score (nSPS) is 13.5. The molecule has 0 aliphatic carbocycles. The third-order valence-corrected chi connectivity index (χ3v) is 8.48. The second kappa shape index (κ2) is 30.3. The first-order valence-electron chi connectivity index (χ1n) is 17.6. The van der Waals surface area contributed by atoms with Crippen molar-refractivity contribution < 1.29 is 28.8 Å². The van der Waals surface area contributed by atoms with Crippen LogP contribution in [0, 0.1) is 0 Å². The Morgan fingerprint density at radius 2 is 1.05 bits per heavy atom. The van der Waals surface area contributed by atoms with Gasteiger partial charge >= 0.3 is 7.82 Å². The topological polar surface area (TPSA) is 116 Å². The van der Waals surface area contributed by atoms with Crippen LogP contribution in [0.2, 0.25) is 0 Å². The van der Waals surface area contributed by atoms with Crippen LogP contribution in [0.15, 0.2) is 12.2 Å². The van der Waals surface area contributed by atoms with E-state index in [0.29, 0.717) is 6.42 Å². The number of nitrogens with one attached hydrogen (secondary N) is 1. The molecule has 0 saturated heterocycles. The number of rotatable bonds is 32. The molecular formula is C34H68NO6P. The predicted molar refractivity (Wildman–Crippen MR) is 176 cm³/mol. The number of allylic oxidation sites excluding steroid dienone is 1. The second-order valence-corrected chi connectivity index (χ2v) is 13.4. The summed E-state index contributed by atoms with van der Waals surface area (Å²) in [5, 5.41) is 13.3. The number of carbonyl (C=O) groups is 1. The van der Waals surface area contributed by atoms with Gasteiger partial charge in [-0.05, 0) is 19.3 Å². The molecule has 7 nitrogen and oxygen atoms in total. The molecule has 250 valence electrons. The molecule has 0 aromatic heterocycles. The highest BCUT2D eigenvalue weighted by Crippen LogP contribution is 2.35. The van der Waals surface area contributed by atoms with Crippen LogP contribution in [0.4, 0.5) is 0 Å². The Morgan fingerprint density at radius 1 is 0.667 bits per heavy atom. The van der Waals surface area contributed by atoms with E-state index in [9.17, 15) is 14.5 Å². The second-order valence-electron chi connectivity index (χ2n) is 12.2. The summed E-state index contributed by atoms with van der Waals surface area (Å²) in [5.74, 6) is -0.227. The van der Waals surface area contributed by atoms with E-state index in [1.807, 2.05) is 6.08 Å². The quantitative estimate of drug-likeness (QED) is 0.0339. The van der Waals surface area contributed by atoms with Crippen LogP contribution in [0.25, 0.3) is 0 Å². The molecule has 8 heteroatoms. The summed E-state index contributed by atoms with van der Waals surface area (Å²) in [5.41, 5.74) is 0. The molecule has 0 saturated carbocycles. The number of aliphatic hydroxyl groups is 1. The lowest BCUT2D eigenvalue weighted by Crippen LogP contribution is -2.45. The van der Waals surface area contributed by atoms with Crippen molar-refractivity contribution in [1.29, 1.82) is 0 Å². The zero-order valence-corrected chi connectivity index (χ0v) is 28.3. The number of carbonyl (C=O) groups excluding carboxylic acids is 1. The van der Waals surface area contributed by atoms with Gasteiger partial charge in [-0.25, -0.2) is 4.57 Å². The van der Waals surface area contributed by atoms with E-state index in [1.165, 1.54) is 122 Å². The maximum atomic E-state index is 12.5. The number of hydrogen-bond acceptors (Lipinski definition) is 4. The zero-order valence-electron chi connectivity index (χ0n) is 27.4. The number of hydrogen-bond donors (Lipinski definition) is 4. The van der Waals surface area contributed by atoms with E-state index < -0.39 is 26.6 Å². The van der Waals surface area contributed by atoms with Crippen molar-refractivity contribution in [3.8, 4) is 0 Å². The Bertz CT molecular complexity index is 668. The van der Waals surface area contributed by atoms with Gasteiger partial charge in [0, 0.05) is 6.42 Å². The molecule has 0 bridgehead atoms. The Morgan fingerprint density at radius 3 is 1.45 bits per heavy atom. The number of phosphoric ester groups is 1. The molecule has 0 rings (SSSR count). The minimum atomic E-state index is -4.70. The van der Waals surface area contributed by atoms with Gasteiger partial charge < -0.3 is 20.2 Å². The first-order chi connectivity index (χ1) is 20.3.